The molecule has 0 N–H and O–H groups in total. The van der Waals surface area contributed by atoms with Crippen LogP contribution in [-0.2, 0) is 24.5 Å². The predicted octanol–water partition coefficient (Wildman–Crippen LogP) is 3.70. The van der Waals surface area contributed by atoms with Gasteiger partial charge in [0.25, 0.3) is 0 Å². The SMILES string of the molecule is CCOC(=O)C1(C(=O)OCC)CC2C(F)=C(C)C2(c2ccccc2)C1. The van der Waals surface area contributed by atoms with Gasteiger partial charge in [0.15, 0.2) is 5.41 Å². The molecule has 0 bridgehead atoms. The van der Waals surface area contributed by atoms with Crippen LogP contribution in [0.2, 0.25) is 0 Å². The van der Waals surface area contributed by atoms with Crippen molar-refractivity contribution in [1.82, 2.24) is 0 Å². The number of fused-ring (bicyclic) bond motifs is 1. The lowest BCUT2D eigenvalue weighted by atomic mass is 9.58. The topological polar surface area (TPSA) is 52.6 Å². The molecule has 0 amide bonds. The molecule has 1 saturated carbocycles. The van der Waals surface area contributed by atoms with E-state index in [4.69, 9.17) is 9.47 Å². The van der Waals surface area contributed by atoms with E-state index >= 15 is 0 Å². The molecule has 2 aliphatic rings. The summed E-state index contributed by atoms with van der Waals surface area (Å²) in [7, 11) is 0. The molecule has 0 heterocycles. The number of rotatable bonds is 5. The molecule has 2 aliphatic carbocycles. The largest absolute Gasteiger partial charge is 0.465 e. The molecule has 2 unspecified atom stereocenters. The van der Waals surface area contributed by atoms with Gasteiger partial charge in [0.2, 0.25) is 0 Å². The van der Waals surface area contributed by atoms with Crippen LogP contribution < -0.4 is 0 Å². The minimum atomic E-state index is -1.46. The summed E-state index contributed by atoms with van der Waals surface area (Å²) >= 11 is 0. The maximum Gasteiger partial charge on any atom is 0.323 e. The number of ether oxygens (including phenoxy) is 2. The van der Waals surface area contributed by atoms with E-state index in [1.807, 2.05) is 30.3 Å². The van der Waals surface area contributed by atoms with Crippen molar-refractivity contribution in [2.24, 2.45) is 11.3 Å². The normalized spacial score (nSPS) is 26.6. The lowest BCUT2D eigenvalue weighted by Gasteiger charge is -2.45. The zero-order valence-electron chi connectivity index (χ0n) is 14.8. The second-order valence-electron chi connectivity index (χ2n) is 6.77. The summed E-state index contributed by atoms with van der Waals surface area (Å²) in [5.74, 6) is -1.94. The van der Waals surface area contributed by atoms with Crippen molar-refractivity contribution in [3.63, 3.8) is 0 Å². The summed E-state index contributed by atoms with van der Waals surface area (Å²) in [6.07, 6.45) is 0.272. The van der Waals surface area contributed by atoms with Gasteiger partial charge < -0.3 is 9.47 Å². The van der Waals surface area contributed by atoms with Crippen molar-refractivity contribution >= 4 is 11.9 Å². The Labute approximate surface area is 147 Å². The van der Waals surface area contributed by atoms with Crippen LogP contribution in [0.3, 0.4) is 0 Å². The van der Waals surface area contributed by atoms with Gasteiger partial charge in [-0.1, -0.05) is 30.3 Å². The van der Waals surface area contributed by atoms with Crippen LogP contribution in [0.4, 0.5) is 4.39 Å². The predicted molar refractivity (Wildman–Crippen MR) is 90.4 cm³/mol. The fraction of sp³-hybridized carbons (Fsp3) is 0.500. The highest BCUT2D eigenvalue weighted by Gasteiger charge is 2.69. The number of benzene rings is 1. The third kappa shape index (κ3) is 2.32. The molecule has 1 fully saturated rings. The Morgan fingerprint density at radius 1 is 1.12 bits per heavy atom. The highest BCUT2D eigenvalue weighted by molar-refractivity contribution is 6.01. The molecule has 134 valence electrons. The molecule has 0 aliphatic heterocycles. The van der Waals surface area contributed by atoms with Gasteiger partial charge in [-0.25, -0.2) is 4.39 Å². The van der Waals surface area contributed by atoms with Gasteiger partial charge in [-0.3, -0.25) is 9.59 Å². The number of halogens is 1. The van der Waals surface area contributed by atoms with Crippen LogP contribution in [0.15, 0.2) is 41.7 Å². The number of carbonyl (C=O) groups excluding carboxylic acids is 2. The molecule has 1 aromatic rings. The summed E-state index contributed by atoms with van der Waals surface area (Å²) in [5.41, 5.74) is -0.583. The zero-order valence-corrected chi connectivity index (χ0v) is 14.8. The van der Waals surface area contributed by atoms with Crippen LogP contribution in [-0.4, -0.2) is 25.2 Å². The molecule has 25 heavy (non-hydrogen) atoms. The fourth-order valence-electron chi connectivity index (χ4n) is 4.48. The smallest absolute Gasteiger partial charge is 0.323 e. The van der Waals surface area contributed by atoms with Gasteiger partial charge in [-0.15, -0.1) is 0 Å². The molecule has 0 radical (unpaired) electrons. The van der Waals surface area contributed by atoms with E-state index in [0.29, 0.717) is 5.57 Å². The Hall–Kier alpha value is -2.17. The van der Waals surface area contributed by atoms with E-state index in [1.165, 1.54) is 0 Å². The van der Waals surface area contributed by atoms with Crippen molar-refractivity contribution < 1.29 is 23.5 Å². The van der Waals surface area contributed by atoms with E-state index < -0.39 is 28.7 Å². The van der Waals surface area contributed by atoms with Crippen LogP contribution in [0.25, 0.3) is 0 Å². The second kappa shape index (κ2) is 6.28. The van der Waals surface area contributed by atoms with Crippen LogP contribution in [0, 0.1) is 11.3 Å². The van der Waals surface area contributed by atoms with Gasteiger partial charge in [0.05, 0.1) is 13.2 Å². The minimum Gasteiger partial charge on any atom is -0.465 e. The molecule has 0 aromatic heterocycles. The molecule has 0 spiro atoms. The quantitative estimate of drug-likeness (QED) is 0.602. The molecule has 1 aromatic carbocycles. The van der Waals surface area contributed by atoms with E-state index in [0.717, 1.165) is 5.56 Å². The van der Waals surface area contributed by atoms with E-state index in [-0.39, 0.29) is 31.9 Å². The Morgan fingerprint density at radius 3 is 2.20 bits per heavy atom. The lowest BCUT2D eigenvalue weighted by molar-refractivity contribution is -0.172. The van der Waals surface area contributed by atoms with Crippen LogP contribution in [0.1, 0.15) is 39.2 Å². The van der Waals surface area contributed by atoms with E-state index in [2.05, 4.69) is 0 Å². The number of allylic oxidation sites excluding steroid dienone is 2. The Balaban J connectivity index is 2.08. The standard InChI is InChI=1S/C20H23FO4/c1-4-24-17(22)19(18(23)25-5-2)11-15-16(21)13(3)20(15,12-19)14-9-7-6-8-10-14/h6-10,15H,4-5,11-12H2,1-3H3. The summed E-state index contributed by atoms with van der Waals surface area (Å²) < 4.78 is 25.0. The number of carbonyl (C=O) groups is 2. The molecule has 5 heteroatoms. The lowest BCUT2D eigenvalue weighted by Crippen LogP contribution is -2.43. The second-order valence-corrected chi connectivity index (χ2v) is 6.77. The molecule has 2 atom stereocenters. The number of hydrogen-bond donors (Lipinski definition) is 0. The Kier molecular flexibility index (Phi) is 4.43. The molecule has 3 rings (SSSR count). The summed E-state index contributed by atoms with van der Waals surface area (Å²) in [4.78, 5) is 25.5. The average Bonchev–Trinajstić information content (AvgIpc) is 2.97. The molecular formula is C20H23FO4. The first-order valence-electron chi connectivity index (χ1n) is 8.70. The van der Waals surface area contributed by atoms with Crippen molar-refractivity contribution in [1.29, 1.82) is 0 Å². The molecular weight excluding hydrogens is 323 g/mol. The van der Waals surface area contributed by atoms with Crippen LogP contribution in [0.5, 0.6) is 0 Å². The zero-order chi connectivity index (χ0) is 18.2. The number of hydrogen-bond acceptors (Lipinski definition) is 4. The van der Waals surface area contributed by atoms with Gasteiger partial charge in [-0.2, -0.15) is 0 Å². The maximum atomic E-state index is 14.6. The molecule has 4 nitrogen and oxygen atoms in total. The van der Waals surface area contributed by atoms with E-state index in [1.54, 1.807) is 20.8 Å². The average molecular weight is 346 g/mol. The highest BCUT2D eigenvalue weighted by atomic mass is 19.1. The molecule has 0 saturated heterocycles. The van der Waals surface area contributed by atoms with Gasteiger partial charge in [0.1, 0.15) is 5.83 Å². The summed E-state index contributed by atoms with van der Waals surface area (Å²) in [6, 6.07) is 9.52. The van der Waals surface area contributed by atoms with Crippen molar-refractivity contribution in [3.05, 3.63) is 47.3 Å². The van der Waals surface area contributed by atoms with Crippen molar-refractivity contribution in [2.75, 3.05) is 13.2 Å². The minimum absolute atomic E-state index is 0.0860. The fourth-order valence-corrected chi connectivity index (χ4v) is 4.48. The van der Waals surface area contributed by atoms with Gasteiger partial charge in [-0.05, 0) is 44.7 Å². The highest BCUT2D eigenvalue weighted by Crippen LogP contribution is 2.67. The maximum absolute atomic E-state index is 14.6. The number of esters is 2. The van der Waals surface area contributed by atoms with Crippen molar-refractivity contribution in [3.8, 4) is 0 Å². The first-order valence-corrected chi connectivity index (χ1v) is 8.70. The first kappa shape index (κ1) is 17.6. The van der Waals surface area contributed by atoms with Crippen LogP contribution >= 0.6 is 0 Å². The summed E-state index contributed by atoms with van der Waals surface area (Å²) in [6.45, 7) is 5.45. The Bertz CT molecular complexity index is 706. The monoisotopic (exact) mass is 346 g/mol. The van der Waals surface area contributed by atoms with Crippen molar-refractivity contribution in [2.45, 2.75) is 39.0 Å². The van der Waals surface area contributed by atoms with Gasteiger partial charge >= 0.3 is 11.9 Å². The van der Waals surface area contributed by atoms with Gasteiger partial charge in [0, 0.05) is 11.3 Å². The van der Waals surface area contributed by atoms with E-state index in [9.17, 15) is 14.0 Å². The Morgan fingerprint density at radius 2 is 1.68 bits per heavy atom. The third-order valence-electron chi connectivity index (χ3n) is 5.68. The summed E-state index contributed by atoms with van der Waals surface area (Å²) in [5, 5.41) is 0. The third-order valence-corrected chi connectivity index (χ3v) is 5.68. The first-order chi connectivity index (χ1) is 11.9.